The van der Waals surface area contributed by atoms with Crippen LogP contribution in [0.15, 0.2) is 60.8 Å². The van der Waals surface area contributed by atoms with Crippen molar-refractivity contribution in [1.29, 1.82) is 0 Å². The molecule has 0 aromatic carbocycles. The molecule has 0 aliphatic rings. The minimum absolute atomic E-state index is 0.0928. The lowest BCUT2D eigenvalue weighted by atomic mass is 10.0. The standard InChI is InChI=1S/C57H100O6/c1-4-7-10-13-16-19-22-25-27-29-32-35-38-41-44-47-50-56(59)62-53-54(52-61-55(58)49-46-43-40-37-34-31-24-21-18-15-12-9-6-3)63-57(60)51-48-45-42-39-36-33-30-28-26-23-20-17-14-11-8-5-2/h9,12,15,18,21,24,31,34,37,40,54H,4-8,10-11,13-14,16-17,19-20,22-23,25-30,32-33,35-36,38-39,41-53H2,1-3H3/b12-9-,18-15-,24-21-,34-31-,40-37-. The van der Waals surface area contributed by atoms with Gasteiger partial charge in [0.1, 0.15) is 13.2 Å². The number of carbonyl (C=O) groups is 3. The highest BCUT2D eigenvalue weighted by atomic mass is 16.6. The maximum Gasteiger partial charge on any atom is 0.306 e. The molecule has 0 saturated heterocycles. The summed E-state index contributed by atoms with van der Waals surface area (Å²) in [5.74, 6) is -0.959. The van der Waals surface area contributed by atoms with E-state index in [2.05, 4.69) is 26.8 Å². The first kappa shape index (κ1) is 60.1. The van der Waals surface area contributed by atoms with E-state index in [1.807, 2.05) is 54.7 Å². The molecular formula is C57H100O6. The average Bonchev–Trinajstić information content (AvgIpc) is 3.28. The Labute approximate surface area is 390 Å². The second-order valence-electron chi connectivity index (χ2n) is 17.9. The average molecular weight is 881 g/mol. The lowest BCUT2D eigenvalue weighted by Gasteiger charge is -2.18. The first-order valence-corrected chi connectivity index (χ1v) is 26.9. The van der Waals surface area contributed by atoms with E-state index in [0.717, 1.165) is 51.4 Å². The van der Waals surface area contributed by atoms with E-state index in [-0.39, 0.29) is 37.5 Å². The maximum atomic E-state index is 12.8. The van der Waals surface area contributed by atoms with E-state index in [9.17, 15) is 14.4 Å². The quantitative estimate of drug-likeness (QED) is 0.0262. The second-order valence-corrected chi connectivity index (χ2v) is 17.9. The van der Waals surface area contributed by atoms with Gasteiger partial charge >= 0.3 is 17.9 Å². The van der Waals surface area contributed by atoms with Crippen LogP contribution >= 0.6 is 0 Å². The Kier molecular flexibility index (Phi) is 49.4. The van der Waals surface area contributed by atoms with Crippen molar-refractivity contribution in [2.75, 3.05) is 13.2 Å². The Morgan fingerprint density at radius 1 is 0.333 bits per heavy atom. The Bertz CT molecular complexity index is 1150. The predicted octanol–water partition coefficient (Wildman–Crippen LogP) is 17.6. The van der Waals surface area contributed by atoms with Crippen LogP contribution in [0.1, 0.15) is 265 Å². The van der Waals surface area contributed by atoms with Gasteiger partial charge in [0.15, 0.2) is 6.10 Å². The molecule has 0 spiro atoms. The van der Waals surface area contributed by atoms with Gasteiger partial charge < -0.3 is 14.2 Å². The Morgan fingerprint density at radius 3 is 0.968 bits per heavy atom. The summed E-state index contributed by atoms with van der Waals surface area (Å²) in [5.41, 5.74) is 0. The summed E-state index contributed by atoms with van der Waals surface area (Å²) in [4.78, 5) is 38.0. The Balaban J connectivity index is 4.42. The number of unbranched alkanes of at least 4 members (excludes halogenated alkanes) is 31. The largest absolute Gasteiger partial charge is 0.462 e. The first-order chi connectivity index (χ1) is 31.0. The summed E-state index contributed by atoms with van der Waals surface area (Å²) in [6.45, 7) is 6.46. The van der Waals surface area contributed by atoms with Gasteiger partial charge in [0.25, 0.3) is 0 Å². The fourth-order valence-electron chi connectivity index (χ4n) is 7.65. The third-order valence-electron chi connectivity index (χ3n) is 11.7. The third-order valence-corrected chi connectivity index (χ3v) is 11.7. The molecule has 0 aromatic rings. The van der Waals surface area contributed by atoms with Crippen molar-refractivity contribution in [3.63, 3.8) is 0 Å². The molecule has 0 amide bonds. The fraction of sp³-hybridized carbons (Fsp3) is 0.772. The van der Waals surface area contributed by atoms with Gasteiger partial charge in [0.2, 0.25) is 0 Å². The fourth-order valence-corrected chi connectivity index (χ4v) is 7.65. The summed E-state index contributed by atoms with van der Waals surface area (Å²) < 4.78 is 16.8. The molecule has 0 saturated carbocycles. The van der Waals surface area contributed by atoms with Gasteiger partial charge in [-0.05, 0) is 32.1 Å². The molecule has 1 atom stereocenters. The van der Waals surface area contributed by atoms with Gasteiger partial charge in [-0.2, -0.15) is 0 Å². The highest BCUT2D eigenvalue weighted by Gasteiger charge is 2.19. The molecule has 364 valence electrons. The van der Waals surface area contributed by atoms with Crippen molar-refractivity contribution >= 4 is 17.9 Å². The molecule has 0 radical (unpaired) electrons. The molecule has 1 unspecified atom stereocenters. The smallest absolute Gasteiger partial charge is 0.306 e. The Hall–Kier alpha value is -2.89. The SMILES string of the molecule is CC\C=C/C=C\C=C/C=C\C=C/CCCC(=O)OCC(COC(=O)CCCCCCCCCCCCCCCCCC)OC(=O)CCCCCCCCCCCCCCCCCC. The number of allylic oxidation sites excluding steroid dienone is 10. The topological polar surface area (TPSA) is 78.9 Å². The first-order valence-electron chi connectivity index (χ1n) is 26.9. The van der Waals surface area contributed by atoms with Crippen LogP contribution in [0.5, 0.6) is 0 Å². The van der Waals surface area contributed by atoms with Crippen LogP contribution in [-0.4, -0.2) is 37.2 Å². The van der Waals surface area contributed by atoms with Gasteiger partial charge in [-0.1, -0.05) is 274 Å². The highest BCUT2D eigenvalue weighted by molar-refractivity contribution is 5.71. The van der Waals surface area contributed by atoms with Crippen LogP contribution in [0.2, 0.25) is 0 Å². The lowest BCUT2D eigenvalue weighted by Crippen LogP contribution is -2.30. The summed E-state index contributed by atoms with van der Waals surface area (Å²) in [5, 5.41) is 0. The zero-order valence-electron chi connectivity index (χ0n) is 41.6. The van der Waals surface area contributed by atoms with Crippen molar-refractivity contribution in [2.45, 2.75) is 271 Å². The van der Waals surface area contributed by atoms with Gasteiger partial charge in [0.05, 0.1) is 0 Å². The predicted molar refractivity (Wildman–Crippen MR) is 270 cm³/mol. The van der Waals surface area contributed by atoms with Crippen LogP contribution in [0.25, 0.3) is 0 Å². The molecule has 0 N–H and O–H groups in total. The summed E-state index contributed by atoms with van der Waals surface area (Å²) in [6.07, 6.45) is 63.6. The number of carbonyl (C=O) groups excluding carboxylic acids is 3. The zero-order chi connectivity index (χ0) is 45.8. The van der Waals surface area contributed by atoms with Crippen molar-refractivity contribution in [3.05, 3.63) is 60.8 Å². The van der Waals surface area contributed by atoms with E-state index in [1.165, 1.54) is 167 Å². The second kappa shape index (κ2) is 51.7. The molecule has 0 fully saturated rings. The molecule has 6 heteroatoms. The van der Waals surface area contributed by atoms with Crippen LogP contribution in [0.3, 0.4) is 0 Å². The van der Waals surface area contributed by atoms with Crippen LogP contribution in [0.4, 0.5) is 0 Å². The van der Waals surface area contributed by atoms with Gasteiger partial charge in [0, 0.05) is 19.3 Å². The van der Waals surface area contributed by atoms with Crippen LogP contribution in [-0.2, 0) is 28.6 Å². The number of hydrogen-bond acceptors (Lipinski definition) is 6. The van der Waals surface area contributed by atoms with E-state index < -0.39 is 6.10 Å². The van der Waals surface area contributed by atoms with Crippen LogP contribution < -0.4 is 0 Å². The molecule has 63 heavy (non-hydrogen) atoms. The number of ether oxygens (including phenoxy) is 3. The molecule has 6 nitrogen and oxygen atoms in total. The third kappa shape index (κ3) is 50.0. The number of rotatable bonds is 48. The molecule has 0 aliphatic heterocycles. The Morgan fingerprint density at radius 2 is 0.619 bits per heavy atom. The highest BCUT2D eigenvalue weighted by Crippen LogP contribution is 2.16. The number of esters is 3. The summed E-state index contributed by atoms with van der Waals surface area (Å²) >= 11 is 0. The van der Waals surface area contributed by atoms with E-state index in [4.69, 9.17) is 14.2 Å². The van der Waals surface area contributed by atoms with Crippen LogP contribution in [0, 0.1) is 0 Å². The van der Waals surface area contributed by atoms with Gasteiger partial charge in [-0.3, -0.25) is 14.4 Å². The van der Waals surface area contributed by atoms with Gasteiger partial charge in [-0.25, -0.2) is 0 Å². The van der Waals surface area contributed by atoms with E-state index in [0.29, 0.717) is 19.3 Å². The maximum absolute atomic E-state index is 12.8. The van der Waals surface area contributed by atoms with Crippen molar-refractivity contribution in [3.8, 4) is 0 Å². The minimum Gasteiger partial charge on any atom is -0.462 e. The monoisotopic (exact) mass is 881 g/mol. The van der Waals surface area contributed by atoms with Gasteiger partial charge in [-0.15, -0.1) is 0 Å². The molecule has 0 rings (SSSR count). The minimum atomic E-state index is -0.798. The molecular weight excluding hydrogens is 781 g/mol. The zero-order valence-corrected chi connectivity index (χ0v) is 41.6. The molecule has 0 aliphatic carbocycles. The van der Waals surface area contributed by atoms with Crippen molar-refractivity contribution in [2.24, 2.45) is 0 Å². The number of hydrogen-bond donors (Lipinski definition) is 0. The molecule has 0 heterocycles. The molecule has 0 bridgehead atoms. The summed E-state index contributed by atoms with van der Waals surface area (Å²) in [7, 11) is 0. The molecule has 0 aromatic heterocycles. The van der Waals surface area contributed by atoms with Crippen molar-refractivity contribution in [1.82, 2.24) is 0 Å². The summed E-state index contributed by atoms with van der Waals surface area (Å²) in [6, 6.07) is 0. The van der Waals surface area contributed by atoms with E-state index in [1.54, 1.807) is 0 Å². The lowest BCUT2D eigenvalue weighted by molar-refractivity contribution is -0.167. The van der Waals surface area contributed by atoms with E-state index >= 15 is 0 Å². The van der Waals surface area contributed by atoms with Crippen molar-refractivity contribution < 1.29 is 28.6 Å². The normalized spacial score (nSPS) is 12.5.